The van der Waals surface area contributed by atoms with Crippen LogP contribution in [-0.2, 0) is 0 Å². The van der Waals surface area contributed by atoms with Gasteiger partial charge < -0.3 is 14.5 Å². The van der Waals surface area contributed by atoms with Crippen LogP contribution in [0.1, 0.15) is 10.4 Å². The number of fused-ring (bicyclic) bond motifs is 1. The summed E-state index contributed by atoms with van der Waals surface area (Å²) in [6, 6.07) is 7.59. The van der Waals surface area contributed by atoms with Gasteiger partial charge in [0.2, 0.25) is 0 Å². The van der Waals surface area contributed by atoms with Crippen LogP contribution >= 0.6 is 11.6 Å². The molecule has 7 heteroatoms. The number of carbonyl (C=O) groups excluding carboxylic acids is 1. The molecule has 0 atom stereocenters. The summed E-state index contributed by atoms with van der Waals surface area (Å²) in [6.07, 6.45) is 2.91. The monoisotopic (exact) mass is 330 g/mol. The van der Waals surface area contributed by atoms with Gasteiger partial charge in [0.15, 0.2) is 0 Å². The minimum atomic E-state index is -0.625. The highest BCUT2D eigenvalue weighted by Gasteiger charge is 2.14. The predicted molar refractivity (Wildman–Crippen MR) is 86.2 cm³/mol. The summed E-state index contributed by atoms with van der Waals surface area (Å²) in [7, 11) is 1.50. The van der Waals surface area contributed by atoms with Crippen molar-refractivity contribution in [2.75, 3.05) is 12.4 Å². The summed E-state index contributed by atoms with van der Waals surface area (Å²) < 4.78 is 10.2. The molecule has 0 bridgehead atoms. The molecule has 0 saturated heterocycles. The number of halogens is 1. The molecule has 1 amide bonds. The number of aromatic nitrogens is 1. The minimum absolute atomic E-state index is 0.193. The normalized spacial score (nSPS) is 10.5. The molecule has 6 nitrogen and oxygen atoms in total. The van der Waals surface area contributed by atoms with E-state index in [4.69, 9.17) is 20.8 Å². The summed E-state index contributed by atoms with van der Waals surface area (Å²) in [6.45, 7) is 0. The highest BCUT2D eigenvalue weighted by atomic mass is 35.5. The van der Waals surface area contributed by atoms with Crippen molar-refractivity contribution in [1.29, 1.82) is 0 Å². The van der Waals surface area contributed by atoms with Gasteiger partial charge in [-0.05, 0) is 18.2 Å². The number of rotatable bonds is 3. The Hall–Kier alpha value is -2.86. The predicted octanol–water partition coefficient (Wildman–Crippen LogP) is 3.10. The largest absolute Gasteiger partial charge is 0.497 e. The second-order valence-electron chi connectivity index (χ2n) is 4.69. The number of amides is 1. The Balaban J connectivity index is 2.04. The first-order valence-electron chi connectivity index (χ1n) is 6.60. The summed E-state index contributed by atoms with van der Waals surface area (Å²) in [4.78, 5) is 28.0. The second-order valence-corrected chi connectivity index (χ2v) is 5.12. The summed E-state index contributed by atoms with van der Waals surface area (Å²) in [5.74, 6) is 0.0642. The molecule has 0 spiro atoms. The van der Waals surface area contributed by atoms with E-state index in [1.54, 1.807) is 24.3 Å². The SMILES string of the molecule is COc1ccc2c(C(=O)Nc3cncc(Cl)c3)cc(=O)oc2c1. The van der Waals surface area contributed by atoms with Gasteiger partial charge in [0, 0.05) is 23.7 Å². The van der Waals surface area contributed by atoms with Crippen LogP contribution < -0.4 is 15.7 Å². The van der Waals surface area contributed by atoms with E-state index in [0.29, 0.717) is 21.8 Å². The Morgan fingerprint density at radius 3 is 2.83 bits per heavy atom. The number of nitrogens with zero attached hydrogens (tertiary/aromatic N) is 1. The van der Waals surface area contributed by atoms with Crippen LogP contribution in [0.25, 0.3) is 11.0 Å². The zero-order chi connectivity index (χ0) is 16.4. The number of methoxy groups -OCH3 is 1. The lowest BCUT2D eigenvalue weighted by Gasteiger charge is -2.08. The van der Waals surface area contributed by atoms with E-state index in [1.165, 1.54) is 19.5 Å². The fourth-order valence-electron chi connectivity index (χ4n) is 2.14. The van der Waals surface area contributed by atoms with Gasteiger partial charge in [0.1, 0.15) is 11.3 Å². The van der Waals surface area contributed by atoms with E-state index in [-0.39, 0.29) is 11.1 Å². The van der Waals surface area contributed by atoms with Gasteiger partial charge in [-0.2, -0.15) is 0 Å². The maximum absolute atomic E-state index is 12.5. The zero-order valence-electron chi connectivity index (χ0n) is 12.0. The molecule has 0 aliphatic carbocycles. The standard InChI is InChI=1S/C16H11ClN2O4/c1-22-11-2-3-12-13(6-15(20)23-14(12)5-11)16(21)19-10-4-9(17)7-18-8-10/h2-8H,1H3,(H,19,21). The Labute approximate surface area is 135 Å². The van der Waals surface area contributed by atoms with E-state index < -0.39 is 11.5 Å². The molecule has 116 valence electrons. The Morgan fingerprint density at radius 1 is 1.26 bits per heavy atom. The maximum atomic E-state index is 12.5. The lowest BCUT2D eigenvalue weighted by Crippen LogP contribution is -2.15. The van der Waals surface area contributed by atoms with Gasteiger partial charge in [0.25, 0.3) is 5.91 Å². The quantitative estimate of drug-likeness (QED) is 0.746. The lowest BCUT2D eigenvalue weighted by molar-refractivity contribution is 0.102. The van der Waals surface area contributed by atoms with Gasteiger partial charge in [-0.3, -0.25) is 9.78 Å². The van der Waals surface area contributed by atoms with E-state index >= 15 is 0 Å². The summed E-state index contributed by atoms with van der Waals surface area (Å²) in [5.41, 5.74) is 0.266. The Bertz CT molecular complexity index is 952. The topological polar surface area (TPSA) is 81.4 Å². The molecule has 0 aliphatic heterocycles. The zero-order valence-corrected chi connectivity index (χ0v) is 12.8. The first-order chi connectivity index (χ1) is 11.1. The number of anilines is 1. The molecular weight excluding hydrogens is 320 g/mol. The average Bonchev–Trinajstić information content (AvgIpc) is 2.53. The fourth-order valence-corrected chi connectivity index (χ4v) is 2.31. The average molecular weight is 331 g/mol. The van der Waals surface area contributed by atoms with Crippen LogP contribution in [-0.4, -0.2) is 18.0 Å². The van der Waals surface area contributed by atoms with E-state index in [9.17, 15) is 9.59 Å². The van der Waals surface area contributed by atoms with Gasteiger partial charge in [-0.1, -0.05) is 11.6 Å². The Morgan fingerprint density at radius 2 is 2.09 bits per heavy atom. The number of hydrogen-bond donors (Lipinski definition) is 1. The third kappa shape index (κ3) is 3.17. The lowest BCUT2D eigenvalue weighted by atomic mass is 10.1. The van der Waals surface area contributed by atoms with Gasteiger partial charge >= 0.3 is 5.63 Å². The molecule has 2 aromatic heterocycles. The van der Waals surface area contributed by atoms with Crippen LogP contribution in [0.5, 0.6) is 5.75 Å². The fraction of sp³-hybridized carbons (Fsp3) is 0.0625. The van der Waals surface area contributed by atoms with Crippen molar-refractivity contribution in [2.24, 2.45) is 0 Å². The number of hydrogen-bond acceptors (Lipinski definition) is 5. The molecule has 0 unspecified atom stereocenters. The van der Waals surface area contributed by atoms with Crippen LogP contribution in [0.3, 0.4) is 0 Å². The molecule has 3 rings (SSSR count). The molecule has 1 aromatic carbocycles. The first kappa shape index (κ1) is 15.1. The van der Waals surface area contributed by atoms with Gasteiger partial charge in [-0.25, -0.2) is 4.79 Å². The van der Waals surface area contributed by atoms with Crippen molar-refractivity contribution >= 4 is 34.2 Å². The number of ether oxygens (including phenoxy) is 1. The number of carbonyl (C=O) groups is 1. The highest BCUT2D eigenvalue weighted by Crippen LogP contribution is 2.23. The third-order valence-corrected chi connectivity index (χ3v) is 3.37. The second kappa shape index (κ2) is 6.10. The Kier molecular flexibility index (Phi) is 3.99. The first-order valence-corrected chi connectivity index (χ1v) is 6.98. The summed E-state index contributed by atoms with van der Waals surface area (Å²) >= 11 is 5.84. The molecule has 0 saturated carbocycles. The number of nitrogens with one attached hydrogen (secondary N) is 1. The van der Waals surface area contributed by atoms with Crippen molar-refractivity contribution in [3.63, 3.8) is 0 Å². The highest BCUT2D eigenvalue weighted by molar-refractivity contribution is 6.30. The van der Waals surface area contributed by atoms with E-state index in [0.717, 1.165) is 6.07 Å². The molecular formula is C16H11ClN2O4. The van der Waals surface area contributed by atoms with Crippen LogP contribution in [0, 0.1) is 0 Å². The molecule has 0 aliphatic rings. The van der Waals surface area contributed by atoms with Crippen molar-refractivity contribution in [1.82, 2.24) is 4.98 Å². The summed E-state index contributed by atoms with van der Waals surface area (Å²) in [5, 5.41) is 3.54. The maximum Gasteiger partial charge on any atom is 0.337 e. The minimum Gasteiger partial charge on any atom is -0.497 e. The number of benzene rings is 1. The molecule has 0 radical (unpaired) electrons. The van der Waals surface area contributed by atoms with Crippen LogP contribution in [0.2, 0.25) is 5.02 Å². The molecule has 3 aromatic rings. The van der Waals surface area contributed by atoms with Crippen LogP contribution in [0.4, 0.5) is 5.69 Å². The van der Waals surface area contributed by atoms with E-state index in [2.05, 4.69) is 10.3 Å². The number of pyridine rings is 1. The van der Waals surface area contributed by atoms with E-state index in [1.807, 2.05) is 0 Å². The van der Waals surface area contributed by atoms with Crippen LogP contribution in [0.15, 0.2) is 51.9 Å². The molecule has 0 fully saturated rings. The van der Waals surface area contributed by atoms with Gasteiger partial charge in [0.05, 0.1) is 29.6 Å². The van der Waals surface area contributed by atoms with Gasteiger partial charge in [-0.15, -0.1) is 0 Å². The molecule has 2 heterocycles. The van der Waals surface area contributed by atoms with Crippen molar-refractivity contribution in [2.45, 2.75) is 0 Å². The molecule has 1 N–H and O–H groups in total. The smallest absolute Gasteiger partial charge is 0.337 e. The van der Waals surface area contributed by atoms with Crippen molar-refractivity contribution < 1.29 is 13.9 Å². The van der Waals surface area contributed by atoms with Crippen molar-refractivity contribution in [3.8, 4) is 5.75 Å². The third-order valence-electron chi connectivity index (χ3n) is 3.16. The van der Waals surface area contributed by atoms with Crippen molar-refractivity contribution in [3.05, 3.63) is 63.7 Å². The molecule has 23 heavy (non-hydrogen) atoms.